The number of carbonyl (C=O) groups is 1. The fraction of sp³-hybridized carbons (Fsp3) is 0.316. The van der Waals surface area contributed by atoms with Crippen LogP contribution < -0.4 is 10.1 Å². The van der Waals surface area contributed by atoms with Crippen LogP contribution in [-0.4, -0.2) is 38.8 Å². The minimum atomic E-state index is -3.70. The molecule has 156 valence electrons. The summed E-state index contributed by atoms with van der Waals surface area (Å²) in [4.78, 5) is 12.6. The highest BCUT2D eigenvalue weighted by atomic mass is 35.5. The SMILES string of the molecule is COc1ccc(S(=O)(=O)N2CCC(C(=O)Nc3ccc(Cl)c(Cl)c3)CC2)cc1Cl. The number of hydrogen-bond donors (Lipinski definition) is 1. The van der Waals surface area contributed by atoms with Gasteiger partial charge in [0.1, 0.15) is 5.75 Å². The minimum Gasteiger partial charge on any atom is -0.495 e. The van der Waals surface area contributed by atoms with Gasteiger partial charge >= 0.3 is 0 Å². The van der Waals surface area contributed by atoms with E-state index < -0.39 is 10.0 Å². The number of benzene rings is 2. The molecule has 1 aliphatic heterocycles. The summed E-state index contributed by atoms with van der Waals surface area (Å²) in [6.07, 6.45) is 0.826. The maximum absolute atomic E-state index is 12.9. The molecule has 29 heavy (non-hydrogen) atoms. The molecule has 2 aromatic carbocycles. The quantitative estimate of drug-likeness (QED) is 0.677. The number of rotatable bonds is 5. The molecule has 0 aromatic heterocycles. The van der Waals surface area contributed by atoms with Gasteiger partial charge < -0.3 is 10.1 Å². The average Bonchev–Trinajstić information content (AvgIpc) is 2.70. The molecule has 6 nitrogen and oxygen atoms in total. The van der Waals surface area contributed by atoms with Crippen molar-refractivity contribution in [3.8, 4) is 5.75 Å². The van der Waals surface area contributed by atoms with E-state index in [1.54, 1.807) is 18.2 Å². The first-order valence-electron chi connectivity index (χ1n) is 8.82. The Morgan fingerprint density at radius 2 is 1.72 bits per heavy atom. The predicted molar refractivity (Wildman–Crippen MR) is 115 cm³/mol. The van der Waals surface area contributed by atoms with Crippen LogP contribution in [0.1, 0.15) is 12.8 Å². The van der Waals surface area contributed by atoms with Crippen molar-refractivity contribution >= 4 is 56.4 Å². The van der Waals surface area contributed by atoms with E-state index in [0.29, 0.717) is 34.3 Å². The van der Waals surface area contributed by atoms with Gasteiger partial charge in [0.05, 0.1) is 27.1 Å². The van der Waals surface area contributed by atoms with Gasteiger partial charge in [0, 0.05) is 24.7 Å². The fourth-order valence-corrected chi connectivity index (χ4v) is 5.25. The van der Waals surface area contributed by atoms with Crippen LogP contribution in [0.25, 0.3) is 0 Å². The first-order valence-corrected chi connectivity index (χ1v) is 11.4. The monoisotopic (exact) mass is 476 g/mol. The van der Waals surface area contributed by atoms with Crippen LogP contribution in [0.4, 0.5) is 5.69 Å². The highest BCUT2D eigenvalue weighted by molar-refractivity contribution is 7.89. The molecule has 1 saturated heterocycles. The second kappa shape index (κ2) is 9.10. The number of piperidine rings is 1. The predicted octanol–water partition coefficient (Wildman–Crippen LogP) is 4.69. The zero-order valence-corrected chi connectivity index (χ0v) is 18.6. The second-order valence-corrected chi connectivity index (χ2v) is 9.75. The molecule has 0 atom stereocenters. The lowest BCUT2D eigenvalue weighted by Gasteiger charge is -2.30. The largest absolute Gasteiger partial charge is 0.495 e. The van der Waals surface area contributed by atoms with Crippen LogP contribution >= 0.6 is 34.8 Å². The summed E-state index contributed by atoms with van der Waals surface area (Å²) in [6.45, 7) is 0.483. The van der Waals surface area contributed by atoms with Crippen LogP contribution in [0.15, 0.2) is 41.3 Å². The summed E-state index contributed by atoms with van der Waals surface area (Å²) < 4.78 is 32.2. The fourth-order valence-electron chi connectivity index (χ4n) is 3.13. The standard InChI is InChI=1S/C19H19Cl3N2O4S/c1-28-18-5-3-14(11-17(18)22)29(26,27)24-8-6-12(7-9-24)19(25)23-13-2-4-15(20)16(21)10-13/h2-5,10-12H,6-9H2,1H3,(H,23,25). The minimum absolute atomic E-state index is 0.0991. The van der Waals surface area contributed by atoms with E-state index in [9.17, 15) is 13.2 Å². The number of sulfonamides is 1. The molecule has 1 amide bonds. The van der Waals surface area contributed by atoms with Crippen molar-refractivity contribution in [2.45, 2.75) is 17.7 Å². The number of nitrogens with zero attached hydrogens (tertiary/aromatic N) is 1. The summed E-state index contributed by atoms with van der Waals surface area (Å²) in [6, 6.07) is 9.21. The summed E-state index contributed by atoms with van der Waals surface area (Å²) in [5.41, 5.74) is 0.548. The molecule has 10 heteroatoms. The van der Waals surface area contributed by atoms with Gasteiger partial charge in [0.15, 0.2) is 0 Å². The van der Waals surface area contributed by atoms with E-state index in [0.717, 1.165) is 0 Å². The van der Waals surface area contributed by atoms with Gasteiger partial charge in [-0.3, -0.25) is 4.79 Å². The van der Waals surface area contributed by atoms with E-state index in [1.165, 1.54) is 29.6 Å². The van der Waals surface area contributed by atoms with Crippen LogP contribution in [0, 0.1) is 5.92 Å². The summed E-state index contributed by atoms with van der Waals surface area (Å²) in [7, 11) is -2.24. The number of nitrogens with one attached hydrogen (secondary N) is 1. The molecule has 0 radical (unpaired) electrons. The van der Waals surface area contributed by atoms with Crippen molar-refractivity contribution in [3.05, 3.63) is 51.5 Å². The van der Waals surface area contributed by atoms with Gasteiger partial charge in [-0.25, -0.2) is 8.42 Å². The Kier molecular flexibility index (Phi) is 6.96. The third kappa shape index (κ3) is 4.98. The lowest BCUT2D eigenvalue weighted by atomic mass is 9.97. The van der Waals surface area contributed by atoms with Crippen molar-refractivity contribution < 1.29 is 17.9 Å². The Balaban J connectivity index is 1.64. The van der Waals surface area contributed by atoms with E-state index in [1.807, 2.05) is 0 Å². The first kappa shape index (κ1) is 22.2. The van der Waals surface area contributed by atoms with Gasteiger partial charge in [-0.05, 0) is 49.2 Å². The van der Waals surface area contributed by atoms with Crippen molar-refractivity contribution in [2.24, 2.45) is 5.92 Å². The second-order valence-electron chi connectivity index (χ2n) is 6.59. The number of halogens is 3. The topological polar surface area (TPSA) is 75.7 Å². The Labute approximate surface area is 184 Å². The smallest absolute Gasteiger partial charge is 0.243 e. The molecule has 3 rings (SSSR count). The van der Waals surface area contributed by atoms with Gasteiger partial charge in [-0.1, -0.05) is 34.8 Å². The number of amides is 1. The normalized spacial score (nSPS) is 15.9. The molecular weight excluding hydrogens is 459 g/mol. The number of anilines is 1. The molecular formula is C19H19Cl3N2O4S. The van der Waals surface area contributed by atoms with Crippen molar-refractivity contribution in [3.63, 3.8) is 0 Å². The Hall–Kier alpha value is -1.51. The van der Waals surface area contributed by atoms with Crippen LogP contribution in [0.3, 0.4) is 0 Å². The zero-order valence-electron chi connectivity index (χ0n) is 15.5. The maximum atomic E-state index is 12.9. The summed E-state index contributed by atoms with van der Waals surface area (Å²) in [5.74, 6) is -0.0633. The van der Waals surface area contributed by atoms with E-state index in [4.69, 9.17) is 39.5 Å². The van der Waals surface area contributed by atoms with Gasteiger partial charge in [0.2, 0.25) is 15.9 Å². The molecule has 0 aliphatic carbocycles. The maximum Gasteiger partial charge on any atom is 0.243 e. The molecule has 1 fully saturated rings. The third-order valence-corrected chi connectivity index (χ3v) is 7.70. The summed E-state index contributed by atoms with van der Waals surface area (Å²) in [5, 5.41) is 3.79. The van der Waals surface area contributed by atoms with Crippen LogP contribution in [0.2, 0.25) is 15.1 Å². The van der Waals surface area contributed by atoms with E-state index in [-0.39, 0.29) is 34.8 Å². The lowest BCUT2D eigenvalue weighted by molar-refractivity contribution is -0.120. The summed E-state index contributed by atoms with van der Waals surface area (Å²) >= 11 is 17.9. The average molecular weight is 478 g/mol. The Morgan fingerprint density at radius 3 is 2.31 bits per heavy atom. The molecule has 0 bridgehead atoms. The number of carbonyl (C=O) groups excluding carboxylic acids is 1. The van der Waals surface area contributed by atoms with Crippen molar-refractivity contribution in [1.29, 1.82) is 0 Å². The molecule has 0 spiro atoms. The Bertz CT molecular complexity index is 1020. The molecule has 0 unspecified atom stereocenters. The van der Waals surface area contributed by atoms with Crippen molar-refractivity contribution in [2.75, 3.05) is 25.5 Å². The van der Waals surface area contributed by atoms with Gasteiger partial charge in [-0.15, -0.1) is 0 Å². The molecule has 0 saturated carbocycles. The number of methoxy groups -OCH3 is 1. The van der Waals surface area contributed by atoms with Crippen LogP contribution in [-0.2, 0) is 14.8 Å². The number of hydrogen-bond acceptors (Lipinski definition) is 4. The van der Waals surface area contributed by atoms with Crippen LogP contribution in [0.5, 0.6) is 5.75 Å². The van der Waals surface area contributed by atoms with Gasteiger partial charge in [0.25, 0.3) is 0 Å². The highest BCUT2D eigenvalue weighted by Gasteiger charge is 2.32. The molecule has 1 aliphatic rings. The van der Waals surface area contributed by atoms with Crippen molar-refractivity contribution in [1.82, 2.24) is 4.31 Å². The number of ether oxygens (including phenoxy) is 1. The molecule has 2 aromatic rings. The lowest BCUT2D eigenvalue weighted by Crippen LogP contribution is -2.41. The van der Waals surface area contributed by atoms with E-state index in [2.05, 4.69) is 5.32 Å². The highest BCUT2D eigenvalue weighted by Crippen LogP contribution is 2.31. The molecule has 1 heterocycles. The Morgan fingerprint density at radius 1 is 1.03 bits per heavy atom. The first-order chi connectivity index (χ1) is 13.7. The van der Waals surface area contributed by atoms with Gasteiger partial charge in [-0.2, -0.15) is 4.31 Å². The molecule has 1 N–H and O–H groups in total. The third-order valence-electron chi connectivity index (χ3n) is 4.77. The zero-order chi connectivity index (χ0) is 21.2. The van der Waals surface area contributed by atoms with E-state index >= 15 is 0 Å².